The molecule has 210 valence electrons. The predicted octanol–water partition coefficient (Wildman–Crippen LogP) is 4.33. The molecule has 0 radical (unpaired) electrons. The largest absolute Gasteiger partial charge is 0.454 e. The zero-order valence-corrected chi connectivity index (χ0v) is 23.2. The lowest BCUT2D eigenvalue weighted by molar-refractivity contribution is -0.134. The van der Waals surface area contributed by atoms with E-state index in [4.69, 9.17) is 14.5 Å². The molecule has 0 spiro atoms. The number of carbonyl (C=O) groups is 2. The Hall–Kier alpha value is -3.85. The molecule has 6 rings (SSSR count). The van der Waals surface area contributed by atoms with E-state index in [0.29, 0.717) is 13.1 Å². The second-order valence-electron chi connectivity index (χ2n) is 11.0. The molecule has 2 amide bonds. The van der Waals surface area contributed by atoms with Crippen molar-refractivity contribution in [1.82, 2.24) is 14.8 Å². The van der Waals surface area contributed by atoms with Gasteiger partial charge in [-0.25, -0.2) is 4.98 Å². The molecule has 0 bridgehead atoms. The first-order valence-corrected chi connectivity index (χ1v) is 14.4. The summed E-state index contributed by atoms with van der Waals surface area (Å²) < 4.78 is 10.9. The fourth-order valence-corrected chi connectivity index (χ4v) is 5.79. The summed E-state index contributed by atoms with van der Waals surface area (Å²) in [5, 5.41) is 4.01. The predicted molar refractivity (Wildman–Crippen MR) is 155 cm³/mol. The zero-order valence-electron chi connectivity index (χ0n) is 23.2. The number of ether oxygens (including phenoxy) is 2. The minimum atomic E-state index is -0.148. The molecule has 0 atom stereocenters. The third kappa shape index (κ3) is 5.99. The molecular weight excluding hydrogens is 506 g/mol. The van der Waals surface area contributed by atoms with Crippen LogP contribution in [0.15, 0.2) is 42.5 Å². The third-order valence-corrected chi connectivity index (χ3v) is 8.10. The molecule has 1 N–H and O–H groups in total. The highest BCUT2D eigenvalue weighted by Crippen LogP contribution is 2.33. The van der Waals surface area contributed by atoms with E-state index in [1.54, 1.807) is 0 Å². The van der Waals surface area contributed by atoms with Crippen LogP contribution in [-0.4, -0.2) is 72.7 Å². The van der Waals surface area contributed by atoms with E-state index < -0.39 is 0 Å². The van der Waals surface area contributed by atoms with Crippen LogP contribution in [0.2, 0.25) is 0 Å². The number of fused-ring (bicyclic) bond motifs is 2. The Morgan fingerprint density at radius 3 is 2.50 bits per heavy atom. The van der Waals surface area contributed by atoms with E-state index in [2.05, 4.69) is 34.2 Å². The van der Waals surface area contributed by atoms with E-state index in [1.165, 1.54) is 24.8 Å². The summed E-state index contributed by atoms with van der Waals surface area (Å²) in [7, 11) is 0. The van der Waals surface area contributed by atoms with Gasteiger partial charge in [-0.05, 0) is 73.7 Å². The van der Waals surface area contributed by atoms with Crippen LogP contribution in [0.5, 0.6) is 11.5 Å². The first-order valence-electron chi connectivity index (χ1n) is 14.4. The molecule has 3 aliphatic rings. The number of pyridine rings is 1. The molecule has 40 heavy (non-hydrogen) atoms. The Bertz CT molecular complexity index is 1400. The van der Waals surface area contributed by atoms with Gasteiger partial charge in [0.1, 0.15) is 5.82 Å². The van der Waals surface area contributed by atoms with Crippen LogP contribution in [0, 0.1) is 6.92 Å². The molecular formula is C31H37N5O4. The van der Waals surface area contributed by atoms with E-state index >= 15 is 0 Å². The van der Waals surface area contributed by atoms with E-state index in [1.807, 2.05) is 35.2 Å². The Labute approximate surface area is 235 Å². The Morgan fingerprint density at radius 1 is 0.875 bits per heavy atom. The van der Waals surface area contributed by atoms with Gasteiger partial charge in [0.25, 0.3) is 0 Å². The first kappa shape index (κ1) is 26.4. The molecule has 2 aromatic carbocycles. The molecule has 9 nitrogen and oxygen atoms in total. The number of hydrogen-bond donors (Lipinski definition) is 1. The summed E-state index contributed by atoms with van der Waals surface area (Å²) in [5.74, 6) is 2.50. The molecule has 4 heterocycles. The van der Waals surface area contributed by atoms with E-state index in [9.17, 15) is 9.59 Å². The van der Waals surface area contributed by atoms with Gasteiger partial charge in [0.05, 0.1) is 5.52 Å². The molecule has 0 unspecified atom stereocenters. The molecule has 1 aromatic heterocycles. The number of piperidine rings is 1. The SMILES string of the molecule is Cc1cc(N2CCCCC2)nc2ccc(NC(=O)CCC(=O)N3CCN(Cc4ccc5c(c4)OCO5)CC3)cc12. The number of nitrogens with zero attached hydrogens (tertiary/aromatic N) is 4. The van der Waals surface area contributed by atoms with Crippen molar-refractivity contribution in [3.05, 3.63) is 53.6 Å². The van der Waals surface area contributed by atoms with Crippen molar-refractivity contribution in [2.75, 3.05) is 56.3 Å². The fourth-order valence-electron chi connectivity index (χ4n) is 5.79. The molecule has 2 fully saturated rings. The summed E-state index contributed by atoms with van der Waals surface area (Å²) >= 11 is 0. The smallest absolute Gasteiger partial charge is 0.231 e. The maximum Gasteiger partial charge on any atom is 0.231 e. The van der Waals surface area contributed by atoms with Gasteiger partial charge in [-0.1, -0.05) is 6.07 Å². The van der Waals surface area contributed by atoms with Gasteiger partial charge in [-0.15, -0.1) is 0 Å². The van der Waals surface area contributed by atoms with Gasteiger partial charge in [-0.3, -0.25) is 14.5 Å². The molecule has 3 aliphatic heterocycles. The highest BCUT2D eigenvalue weighted by atomic mass is 16.7. The maximum absolute atomic E-state index is 12.8. The van der Waals surface area contributed by atoms with Crippen molar-refractivity contribution in [3.63, 3.8) is 0 Å². The van der Waals surface area contributed by atoms with Crippen LogP contribution in [0.3, 0.4) is 0 Å². The quantitative estimate of drug-likeness (QED) is 0.475. The minimum absolute atomic E-state index is 0.0293. The van der Waals surface area contributed by atoms with Crippen molar-refractivity contribution in [2.45, 2.75) is 45.6 Å². The van der Waals surface area contributed by atoms with E-state index in [0.717, 1.165) is 72.2 Å². The normalized spacial score (nSPS) is 17.3. The summed E-state index contributed by atoms with van der Waals surface area (Å²) in [6, 6.07) is 14.0. The number of hydrogen-bond acceptors (Lipinski definition) is 7. The van der Waals surface area contributed by atoms with Crippen LogP contribution < -0.4 is 19.7 Å². The number of rotatable bonds is 7. The number of anilines is 2. The number of benzene rings is 2. The molecule has 3 aromatic rings. The van der Waals surface area contributed by atoms with Crippen LogP contribution in [-0.2, 0) is 16.1 Å². The summed E-state index contributed by atoms with van der Waals surface area (Å²) in [5.41, 5.74) is 3.99. The standard InChI is InChI=1S/C31H37N5O4/c1-22-17-29(35-11-3-2-4-12-35)33-26-7-6-24(19-25(22)26)32-30(37)9-10-31(38)36-15-13-34(14-16-36)20-23-5-8-27-28(18-23)40-21-39-27/h5-8,17-19H,2-4,9-16,20-21H2,1H3,(H,32,37). The topological polar surface area (TPSA) is 87.2 Å². The van der Waals surface area contributed by atoms with Crippen LogP contribution in [0.25, 0.3) is 10.9 Å². The van der Waals surface area contributed by atoms with Crippen LogP contribution in [0.4, 0.5) is 11.5 Å². The Balaban J connectivity index is 0.970. The zero-order chi connectivity index (χ0) is 27.5. The number of carbonyl (C=O) groups excluding carboxylic acids is 2. The molecule has 2 saturated heterocycles. The van der Waals surface area contributed by atoms with Gasteiger partial charge in [0, 0.05) is 69.7 Å². The van der Waals surface area contributed by atoms with Crippen molar-refractivity contribution in [1.29, 1.82) is 0 Å². The average molecular weight is 544 g/mol. The lowest BCUT2D eigenvalue weighted by atomic mass is 10.1. The second-order valence-corrected chi connectivity index (χ2v) is 11.0. The number of aryl methyl sites for hydroxylation is 1. The fraction of sp³-hybridized carbons (Fsp3) is 0.452. The summed E-state index contributed by atoms with van der Waals surface area (Å²) in [4.78, 5) is 36.9. The maximum atomic E-state index is 12.8. The minimum Gasteiger partial charge on any atom is -0.454 e. The van der Waals surface area contributed by atoms with Gasteiger partial charge < -0.3 is 24.6 Å². The molecule has 0 aliphatic carbocycles. The van der Waals surface area contributed by atoms with Crippen LogP contribution in [0.1, 0.15) is 43.2 Å². The Morgan fingerprint density at radius 2 is 1.68 bits per heavy atom. The van der Waals surface area contributed by atoms with E-state index in [-0.39, 0.29) is 31.4 Å². The average Bonchev–Trinajstić information content (AvgIpc) is 3.45. The lowest BCUT2D eigenvalue weighted by Crippen LogP contribution is -2.48. The van der Waals surface area contributed by atoms with Gasteiger partial charge >= 0.3 is 0 Å². The van der Waals surface area contributed by atoms with Crippen molar-refractivity contribution in [3.8, 4) is 11.5 Å². The molecule has 0 saturated carbocycles. The van der Waals surface area contributed by atoms with Gasteiger partial charge in [0.15, 0.2) is 11.5 Å². The highest BCUT2D eigenvalue weighted by molar-refractivity contribution is 5.96. The third-order valence-electron chi connectivity index (χ3n) is 8.10. The number of piperazine rings is 1. The monoisotopic (exact) mass is 543 g/mol. The van der Waals surface area contributed by atoms with Crippen molar-refractivity contribution < 1.29 is 19.1 Å². The molecule has 9 heteroatoms. The highest BCUT2D eigenvalue weighted by Gasteiger charge is 2.23. The van der Waals surface area contributed by atoms with Crippen molar-refractivity contribution >= 4 is 34.2 Å². The number of amides is 2. The summed E-state index contributed by atoms with van der Waals surface area (Å²) in [6.45, 7) is 8.23. The van der Waals surface area contributed by atoms with Gasteiger partial charge in [-0.2, -0.15) is 0 Å². The van der Waals surface area contributed by atoms with Crippen LogP contribution >= 0.6 is 0 Å². The first-order chi connectivity index (χ1) is 19.5. The lowest BCUT2D eigenvalue weighted by Gasteiger charge is -2.34. The summed E-state index contributed by atoms with van der Waals surface area (Å²) in [6.07, 6.45) is 4.09. The van der Waals surface area contributed by atoms with Crippen molar-refractivity contribution in [2.24, 2.45) is 0 Å². The number of nitrogens with one attached hydrogen (secondary N) is 1. The number of aromatic nitrogens is 1. The second kappa shape index (κ2) is 11.7. The van der Waals surface area contributed by atoms with Gasteiger partial charge in [0.2, 0.25) is 18.6 Å². The Kier molecular flexibility index (Phi) is 7.73.